The van der Waals surface area contributed by atoms with Crippen molar-refractivity contribution in [2.75, 3.05) is 13.6 Å². The Morgan fingerprint density at radius 3 is 2.80 bits per heavy atom. The van der Waals surface area contributed by atoms with Gasteiger partial charge in [-0.1, -0.05) is 0 Å². The highest BCUT2D eigenvalue weighted by Crippen LogP contribution is 2.53. The highest BCUT2D eigenvalue weighted by molar-refractivity contribution is 6.47. The zero-order valence-corrected chi connectivity index (χ0v) is 16.7. The van der Waals surface area contributed by atoms with Crippen LogP contribution in [0.1, 0.15) is 30.1 Å². The fraction of sp³-hybridized carbons (Fsp3) is 0.579. The number of nitrogens with one attached hydrogen (secondary N) is 2. The fourth-order valence-corrected chi connectivity index (χ4v) is 4.99. The van der Waals surface area contributed by atoms with Gasteiger partial charge in [-0.25, -0.2) is 9.18 Å². The van der Waals surface area contributed by atoms with Gasteiger partial charge in [0.15, 0.2) is 12.0 Å². The number of rotatable bonds is 2. The number of aliphatic imine (C=N–C) groups is 2. The molecule has 10 nitrogen and oxygen atoms in total. The summed E-state index contributed by atoms with van der Waals surface area (Å²) < 4.78 is 15.5. The van der Waals surface area contributed by atoms with E-state index in [4.69, 9.17) is 5.73 Å². The van der Waals surface area contributed by atoms with Gasteiger partial charge in [0.25, 0.3) is 0 Å². The fourth-order valence-electron chi connectivity index (χ4n) is 4.99. The zero-order valence-electron chi connectivity index (χ0n) is 16.7. The predicted octanol–water partition coefficient (Wildman–Crippen LogP) is 0.138. The maximum absolute atomic E-state index is 14.4. The van der Waals surface area contributed by atoms with E-state index in [-0.39, 0.29) is 35.0 Å². The number of carbonyl (C=O) groups excluding carboxylic acids is 3. The Morgan fingerprint density at radius 1 is 1.37 bits per heavy atom. The molecule has 30 heavy (non-hydrogen) atoms. The minimum atomic E-state index is -1.52. The van der Waals surface area contributed by atoms with Crippen LogP contribution in [0.15, 0.2) is 22.4 Å². The number of aromatic nitrogens is 2. The van der Waals surface area contributed by atoms with E-state index in [1.54, 1.807) is 0 Å². The summed E-state index contributed by atoms with van der Waals surface area (Å²) in [6, 6.07) is -0.978. The first-order valence-corrected chi connectivity index (χ1v) is 9.92. The van der Waals surface area contributed by atoms with Crippen LogP contribution in [0, 0.1) is 23.7 Å². The first-order valence-electron chi connectivity index (χ1n) is 9.92. The summed E-state index contributed by atoms with van der Waals surface area (Å²) in [5, 5.41) is 9.47. The minimum Gasteiger partial charge on any atom is -0.369 e. The van der Waals surface area contributed by atoms with Gasteiger partial charge in [-0.05, 0) is 37.5 Å². The second kappa shape index (κ2) is 7.62. The van der Waals surface area contributed by atoms with Gasteiger partial charge in [-0.2, -0.15) is 9.78 Å². The highest BCUT2D eigenvalue weighted by atomic mass is 19.1. The first-order chi connectivity index (χ1) is 14.3. The molecule has 2 saturated carbocycles. The number of nitrogens with two attached hydrogens (primary N) is 1. The average Bonchev–Trinajstić information content (AvgIpc) is 3.42. The second-order valence-electron chi connectivity index (χ2n) is 8.09. The van der Waals surface area contributed by atoms with Crippen molar-refractivity contribution in [2.45, 2.75) is 32.0 Å². The number of hydrogen-bond acceptors (Lipinski definition) is 6. The van der Waals surface area contributed by atoms with Gasteiger partial charge in [0.1, 0.15) is 5.84 Å². The van der Waals surface area contributed by atoms with E-state index in [1.165, 1.54) is 26.4 Å². The van der Waals surface area contributed by atoms with E-state index >= 15 is 0 Å². The molecule has 0 aromatic carbocycles. The Labute approximate surface area is 172 Å². The Bertz CT molecular complexity index is 954. The zero-order chi connectivity index (χ0) is 21.6. The molecule has 160 valence electrons. The van der Waals surface area contributed by atoms with Crippen molar-refractivity contribution in [3.8, 4) is 0 Å². The van der Waals surface area contributed by atoms with Crippen molar-refractivity contribution in [2.24, 2.45) is 39.4 Å². The molecule has 4 N–H and O–H groups in total. The molecule has 0 saturated heterocycles. The van der Waals surface area contributed by atoms with Gasteiger partial charge in [0.2, 0.25) is 11.7 Å². The topological polar surface area (TPSA) is 144 Å². The molecule has 2 fully saturated rings. The van der Waals surface area contributed by atoms with E-state index in [9.17, 15) is 18.8 Å². The SMILES string of the molecule is CN=C1NC(C(C)F)=NC2C3CC(CC3CNC(=O)n3cc(cn3)C1=O)C2C(N)=O. The summed E-state index contributed by atoms with van der Waals surface area (Å²) in [6.07, 6.45) is 2.51. The van der Waals surface area contributed by atoms with E-state index in [1.807, 2.05) is 0 Å². The molecule has 4 rings (SSSR count). The predicted molar refractivity (Wildman–Crippen MR) is 106 cm³/mol. The number of fused-ring (bicyclic) bond motifs is 3. The van der Waals surface area contributed by atoms with Gasteiger partial charge in [0.05, 0.1) is 23.7 Å². The molecule has 1 aromatic heterocycles. The van der Waals surface area contributed by atoms with Crippen LogP contribution in [-0.4, -0.2) is 65.0 Å². The van der Waals surface area contributed by atoms with Gasteiger partial charge < -0.3 is 16.4 Å². The lowest BCUT2D eigenvalue weighted by Gasteiger charge is -2.32. The van der Waals surface area contributed by atoms with Gasteiger partial charge in [-0.15, -0.1) is 0 Å². The lowest BCUT2D eigenvalue weighted by Crippen LogP contribution is -2.46. The Morgan fingerprint density at radius 2 is 2.13 bits per heavy atom. The van der Waals surface area contributed by atoms with Crippen LogP contribution in [0.4, 0.5) is 9.18 Å². The standard InChI is InChI=1S/C19H24FN7O3/c1-8(20)17-25-14-12-4-9(13(14)16(21)29)3-10(12)5-23-19(30)27-7-11(6-24-27)15(28)18(22-2)26-17/h6-10,12-14H,3-5H2,1-2H3,(H2,21,29)(H,23,30)(H,22,25,26). The molecule has 1 aliphatic heterocycles. The number of carbonyl (C=O) groups is 3. The van der Waals surface area contributed by atoms with Gasteiger partial charge in [0, 0.05) is 19.8 Å². The number of alkyl halides is 1. The van der Waals surface area contributed by atoms with E-state index < -0.39 is 35.9 Å². The summed E-state index contributed by atoms with van der Waals surface area (Å²) >= 11 is 0. The van der Waals surface area contributed by atoms with Crippen LogP contribution in [-0.2, 0) is 4.79 Å². The number of amides is 2. The first kappa shape index (κ1) is 20.2. The number of nitrogens with zero attached hydrogens (tertiary/aromatic N) is 4. The molecular formula is C19H24FN7O3. The monoisotopic (exact) mass is 417 g/mol. The summed E-state index contributed by atoms with van der Waals surface area (Å²) in [7, 11) is 1.39. The molecule has 6 unspecified atom stereocenters. The number of amidine groups is 2. The van der Waals surface area contributed by atoms with Crippen LogP contribution in [0.3, 0.4) is 0 Å². The molecule has 11 heteroatoms. The third kappa shape index (κ3) is 3.37. The summed E-state index contributed by atoms with van der Waals surface area (Å²) in [6.45, 7) is 1.67. The largest absolute Gasteiger partial charge is 0.369 e. The molecule has 4 bridgehead atoms. The number of hydrogen-bond donors (Lipinski definition) is 3. The van der Waals surface area contributed by atoms with Crippen molar-refractivity contribution in [3.05, 3.63) is 18.0 Å². The maximum Gasteiger partial charge on any atom is 0.342 e. The minimum absolute atomic E-state index is 0.0304. The molecule has 2 aliphatic carbocycles. The van der Waals surface area contributed by atoms with Crippen LogP contribution in [0.2, 0.25) is 0 Å². The Hall–Kier alpha value is -3.11. The molecule has 2 amide bonds. The lowest BCUT2D eigenvalue weighted by atomic mass is 9.78. The van der Waals surface area contributed by atoms with E-state index in [0.717, 1.165) is 17.5 Å². The molecule has 6 atom stereocenters. The molecule has 2 heterocycles. The normalized spacial score (nSPS) is 33.5. The third-order valence-electron chi connectivity index (χ3n) is 6.35. The van der Waals surface area contributed by atoms with Crippen molar-refractivity contribution in [3.63, 3.8) is 0 Å². The van der Waals surface area contributed by atoms with E-state index in [2.05, 4.69) is 25.7 Å². The third-order valence-corrected chi connectivity index (χ3v) is 6.35. The van der Waals surface area contributed by atoms with Crippen molar-refractivity contribution in [1.82, 2.24) is 20.4 Å². The Kier molecular flexibility index (Phi) is 5.12. The van der Waals surface area contributed by atoms with E-state index in [0.29, 0.717) is 6.54 Å². The van der Waals surface area contributed by atoms with Crippen LogP contribution >= 0.6 is 0 Å². The summed E-state index contributed by atoms with van der Waals surface area (Å²) in [4.78, 5) is 45.8. The molecule has 0 spiro atoms. The maximum atomic E-state index is 14.4. The summed E-state index contributed by atoms with van der Waals surface area (Å²) in [5.41, 5.74) is 5.77. The lowest BCUT2D eigenvalue weighted by molar-refractivity contribution is -0.124. The number of primary amides is 1. The van der Waals surface area contributed by atoms with Crippen molar-refractivity contribution < 1.29 is 18.8 Å². The molecule has 1 aromatic rings. The smallest absolute Gasteiger partial charge is 0.342 e. The van der Waals surface area contributed by atoms with Crippen LogP contribution < -0.4 is 16.4 Å². The van der Waals surface area contributed by atoms with Gasteiger partial charge >= 0.3 is 6.03 Å². The number of halogens is 1. The summed E-state index contributed by atoms with van der Waals surface area (Å²) in [5.74, 6) is -1.65. The molecular weight excluding hydrogens is 393 g/mol. The molecule has 0 radical (unpaired) electrons. The van der Waals surface area contributed by atoms with Crippen LogP contribution in [0.25, 0.3) is 0 Å². The van der Waals surface area contributed by atoms with Crippen molar-refractivity contribution in [1.29, 1.82) is 0 Å². The molecule has 3 aliphatic rings. The number of ketones is 1. The van der Waals surface area contributed by atoms with Crippen molar-refractivity contribution >= 4 is 29.4 Å². The number of Topliss-reactive ketones (excluding diaryl/α,β-unsaturated/α-hetero) is 1. The quantitative estimate of drug-likeness (QED) is 0.627. The average molecular weight is 417 g/mol. The second-order valence-corrected chi connectivity index (χ2v) is 8.09. The Balaban J connectivity index is 1.77. The van der Waals surface area contributed by atoms with Crippen LogP contribution in [0.5, 0.6) is 0 Å². The van der Waals surface area contributed by atoms with Gasteiger partial charge in [-0.3, -0.25) is 19.6 Å². The highest BCUT2D eigenvalue weighted by Gasteiger charge is 2.55.